The fraction of sp³-hybridized carbons (Fsp3) is 0.0952. The molecule has 0 aliphatic heterocycles. The van der Waals surface area contributed by atoms with Crippen LogP contribution < -0.4 is 0 Å². The normalized spacial score (nSPS) is 10.9. The summed E-state index contributed by atoms with van der Waals surface area (Å²) in [5.74, 6) is 0.433. The van der Waals surface area contributed by atoms with Crippen LogP contribution in [-0.4, -0.2) is 20.7 Å². The number of furan rings is 1. The molecule has 140 valence electrons. The van der Waals surface area contributed by atoms with E-state index < -0.39 is 4.92 Å². The van der Waals surface area contributed by atoms with Gasteiger partial charge in [0.15, 0.2) is 0 Å². The van der Waals surface area contributed by atoms with Crippen LogP contribution in [0.25, 0.3) is 10.9 Å². The number of nitrogens with one attached hydrogen (secondary N) is 1. The van der Waals surface area contributed by atoms with Gasteiger partial charge in [0.2, 0.25) is 0 Å². The molecule has 2 aromatic heterocycles. The summed E-state index contributed by atoms with van der Waals surface area (Å²) in [4.78, 5) is 28.7. The molecule has 4 aromatic rings. The highest BCUT2D eigenvalue weighted by Gasteiger charge is 2.22. The molecule has 4 rings (SSSR count). The zero-order valence-corrected chi connectivity index (χ0v) is 14.9. The number of aromatic amines is 1. The van der Waals surface area contributed by atoms with E-state index in [2.05, 4.69) is 4.98 Å². The maximum atomic E-state index is 13.3. The number of nitro groups is 1. The summed E-state index contributed by atoms with van der Waals surface area (Å²) in [5, 5.41) is 11.6. The van der Waals surface area contributed by atoms with E-state index in [9.17, 15) is 14.9 Å². The largest absolute Gasteiger partial charge is 0.467 e. The number of carbonyl (C=O) groups is 1. The van der Waals surface area contributed by atoms with Crippen LogP contribution in [0.5, 0.6) is 0 Å². The van der Waals surface area contributed by atoms with E-state index in [0.717, 1.165) is 5.56 Å². The number of hydrogen-bond acceptors (Lipinski definition) is 4. The van der Waals surface area contributed by atoms with E-state index in [1.807, 2.05) is 36.4 Å². The summed E-state index contributed by atoms with van der Waals surface area (Å²) < 4.78 is 5.42. The van der Waals surface area contributed by atoms with Crippen LogP contribution in [-0.2, 0) is 13.1 Å². The minimum atomic E-state index is -0.467. The van der Waals surface area contributed by atoms with Gasteiger partial charge in [-0.15, -0.1) is 0 Å². The molecule has 0 unspecified atom stereocenters. The molecule has 1 amide bonds. The van der Waals surface area contributed by atoms with Crippen LogP contribution in [0.4, 0.5) is 5.69 Å². The van der Waals surface area contributed by atoms with Crippen molar-refractivity contribution in [3.05, 3.63) is 100 Å². The molecule has 0 saturated heterocycles. The van der Waals surface area contributed by atoms with E-state index in [0.29, 0.717) is 35.3 Å². The van der Waals surface area contributed by atoms with E-state index >= 15 is 0 Å². The highest BCUT2D eigenvalue weighted by molar-refractivity contribution is 6.07. The van der Waals surface area contributed by atoms with Crippen molar-refractivity contribution in [3.63, 3.8) is 0 Å². The Morgan fingerprint density at radius 1 is 1.07 bits per heavy atom. The predicted octanol–water partition coefficient (Wildman–Crippen LogP) is 4.51. The number of benzene rings is 2. The third-order valence-corrected chi connectivity index (χ3v) is 4.54. The lowest BCUT2D eigenvalue weighted by Crippen LogP contribution is -2.29. The summed E-state index contributed by atoms with van der Waals surface area (Å²) in [6.07, 6.45) is 3.16. The summed E-state index contributed by atoms with van der Waals surface area (Å²) in [5.41, 5.74) is 1.99. The molecule has 0 radical (unpaired) electrons. The Morgan fingerprint density at radius 2 is 1.89 bits per heavy atom. The standard InChI is InChI=1S/C21H17N3O4/c25-21(19-12-22-20-9-8-16(24(26)27)11-18(19)20)23(14-17-7-4-10-28-17)13-15-5-2-1-3-6-15/h1-12,22H,13-14H2. The Kier molecular flexibility index (Phi) is 4.63. The first kappa shape index (κ1) is 17.5. The molecule has 7 nitrogen and oxygen atoms in total. The lowest BCUT2D eigenvalue weighted by Gasteiger charge is -2.21. The quantitative estimate of drug-likeness (QED) is 0.396. The third kappa shape index (κ3) is 3.50. The molecule has 0 bridgehead atoms. The number of carbonyl (C=O) groups excluding carboxylic acids is 1. The second-order valence-corrected chi connectivity index (χ2v) is 6.42. The van der Waals surface area contributed by atoms with E-state index in [1.165, 1.54) is 12.1 Å². The first-order valence-electron chi connectivity index (χ1n) is 8.73. The average Bonchev–Trinajstić information content (AvgIpc) is 3.37. The maximum Gasteiger partial charge on any atom is 0.270 e. The van der Waals surface area contributed by atoms with Gasteiger partial charge in [0, 0.05) is 35.8 Å². The third-order valence-electron chi connectivity index (χ3n) is 4.54. The molecule has 0 spiro atoms. The number of rotatable bonds is 6. The van der Waals surface area contributed by atoms with Gasteiger partial charge < -0.3 is 14.3 Å². The van der Waals surface area contributed by atoms with Gasteiger partial charge >= 0.3 is 0 Å². The van der Waals surface area contributed by atoms with Crippen molar-refractivity contribution in [2.24, 2.45) is 0 Å². The van der Waals surface area contributed by atoms with Crippen molar-refractivity contribution < 1.29 is 14.1 Å². The van der Waals surface area contributed by atoms with Crippen molar-refractivity contribution in [1.82, 2.24) is 9.88 Å². The molecule has 0 aliphatic carbocycles. The molecule has 28 heavy (non-hydrogen) atoms. The molecule has 2 aromatic carbocycles. The minimum absolute atomic E-state index is 0.0539. The van der Waals surface area contributed by atoms with Crippen molar-refractivity contribution >= 4 is 22.5 Å². The van der Waals surface area contributed by atoms with Crippen LogP contribution in [0.3, 0.4) is 0 Å². The zero-order valence-electron chi connectivity index (χ0n) is 14.9. The van der Waals surface area contributed by atoms with E-state index in [4.69, 9.17) is 4.42 Å². The fourth-order valence-corrected chi connectivity index (χ4v) is 3.16. The Bertz CT molecular complexity index is 1120. The van der Waals surface area contributed by atoms with Crippen LogP contribution in [0.2, 0.25) is 0 Å². The van der Waals surface area contributed by atoms with Crippen molar-refractivity contribution in [2.75, 3.05) is 0 Å². The second-order valence-electron chi connectivity index (χ2n) is 6.42. The number of nitrogens with zero attached hydrogens (tertiary/aromatic N) is 2. The van der Waals surface area contributed by atoms with Crippen LogP contribution in [0.15, 0.2) is 77.5 Å². The van der Waals surface area contributed by atoms with Crippen LogP contribution >= 0.6 is 0 Å². The number of amides is 1. The molecule has 7 heteroatoms. The number of hydrogen-bond donors (Lipinski definition) is 1. The summed E-state index contributed by atoms with van der Waals surface area (Å²) in [7, 11) is 0. The number of non-ortho nitro benzene ring substituents is 1. The monoisotopic (exact) mass is 375 g/mol. The highest BCUT2D eigenvalue weighted by atomic mass is 16.6. The molecule has 0 atom stereocenters. The summed E-state index contributed by atoms with van der Waals surface area (Å²) in [6, 6.07) is 17.7. The summed E-state index contributed by atoms with van der Waals surface area (Å²) >= 11 is 0. The Morgan fingerprint density at radius 3 is 2.61 bits per heavy atom. The SMILES string of the molecule is O=C(c1c[nH]c2ccc([N+](=O)[O-])cc12)N(Cc1ccccc1)Cc1ccco1. The molecular formula is C21H17N3O4. The first-order chi connectivity index (χ1) is 13.6. The number of nitro benzene ring substituents is 1. The molecule has 0 aliphatic rings. The van der Waals surface area contributed by atoms with Gasteiger partial charge in [-0.25, -0.2) is 0 Å². The van der Waals surface area contributed by atoms with Gasteiger partial charge in [0.25, 0.3) is 11.6 Å². The predicted molar refractivity (Wildman–Crippen MR) is 104 cm³/mol. The van der Waals surface area contributed by atoms with Gasteiger partial charge in [0.1, 0.15) is 5.76 Å². The smallest absolute Gasteiger partial charge is 0.270 e. The Labute approximate surface area is 160 Å². The zero-order chi connectivity index (χ0) is 19.5. The number of aromatic nitrogens is 1. The van der Waals surface area contributed by atoms with Crippen molar-refractivity contribution in [1.29, 1.82) is 0 Å². The molecular weight excluding hydrogens is 358 g/mol. The fourth-order valence-electron chi connectivity index (χ4n) is 3.16. The highest BCUT2D eigenvalue weighted by Crippen LogP contribution is 2.26. The lowest BCUT2D eigenvalue weighted by molar-refractivity contribution is -0.384. The van der Waals surface area contributed by atoms with Gasteiger partial charge in [-0.2, -0.15) is 0 Å². The Hall–Kier alpha value is -3.87. The first-order valence-corrected chi connectivity index (χ1v) is 8.73. The minimum Gasteiger partial charge on any atom is -0.467 e. The van der Waals surface area contributed by atoms with Gasteiger partial charge in [-0.1, -0.05) is 30.3 Å². The van der Waals surface area contributed by atoms with E-state index in [-0.39, 0.29) is 11.6 Å². The molecule has 0 saturated carbocycles. The van der Waals surface area contributed by atoms with Crippen molar-refractivity contribution in [3.8, 4) is 0 Å². The van der Waals surface area contributed by atoms with E-state index in [1.54, 1.807) is 29.5 Å². The second kappa shape index (κ2) is 7.40. The average molecular weight is 375 g/mol. The van der Waals surface area contributed by atoms with Gasteiger partial charge in [-0.3, -0.25) is 14.9 Å². The number of fused-ring (bicyclic) bond motifs is 1. The molecule has 2 heterocycles. The van der Waals surface area contributed by atoms with Gasteiger partial charge in [-0.05, 0) is 23.8 Å². The topological polar surface area (TPSA) is 92.4 Å². The van der Waals surface area contributed by atoms with Crippen molar-refractivity contribution in [2.45, 2.75) is 13.1 Å². The maximum absolute atomic E-state index is 13.3. The Balaban J connectivity index is 1.71. The van der Waals surface area contributed by atoms with Gasteiger partial charge in [0.05, 0.1) is 23.3 Å². The number of H-pyrrole nitrogens is 1. The lowest BCUT2D eigenvalue weighted by atomic mass is 10.1. The van der Waals surface area contributed by atoms with Crippen LogP contribution in [0, 0.1) is 10.1 Å². The van der Waals surface area contributed by atoms with Crippen LogP contribution in [0.1, 0.15) is 21.7 Å². The summed E-state index contributed by atoms with van der Waals surface area (Å²) in [6.45, 7) is 0.685. The molecule has 1 N–H and O–H groups in total. The molecule has 0 fully saturated rings.